The Labute approximate surface area is 139 Å². The molecular formula is C18H29O4P. The molecule has 23 heavy (non-hydrogen) atoms. The van der Waals surface area contributed by atoms with E-state index in [-0.39, 0.29) is 24.9 Å². The Morgan fingerprint density at radius 2 is 1.91 bits per heavy atom. The highest BCUT2D eigenvalue weighted by Crippen LogP contribution is 2.37. The van der Waals surface area contributed by atoms with Crippen LogP contribution in [-0.4, -0.2) is 36.6 Å². The number of aliphatic hydroxyl groups is 1. The molecular weight excluding hydrogens is 311 g/mol. The molecule has 0 fully saturated rings. The molecule has 1 atom stereocenters. The molecule has 0 aromatic heterocycles. The Morgan fingerprint density at radius 3 is 2.39 bits per heavy atom. The monoisotopic (exact) mass is 340 g/mol. The van der Waals surface area contributed by atoms with Crippen molar-refractivity contribution in [1.82, 2.24) is 0 Å². The molecule has 0 aliphatic carbocycles. The summed E-state index contributed by atoms with van der Waals surface area (Å²) in [5, 5.41) is 10.5. The molecule has 4 nitrogen and oxygen atoms in total. The van der Waals surface area contributed by atoms with Gasteiger partial charge in [-0.05, 0) is 64.6 Å². The van der Waals surface area contributed by atoms with Crippen LogP contribution in [0.25, 0.3) is 0 Å². The average molecular weight is 340 g/mol. The fourth-order valence-electron chi connectivity index (χ4n) is 2.51. The summed E-state index contributed by atoms with van der Waals surface area (Å²) in [6.45, 7) is 10.9. The molecule has 0 radical (unpaired) electrons. The van der Waals surface area contributed by atoms with Crippen molar-refractivity contribution < 1.29 is 19.2 Å². The van der Waals surface area contributed by atoms with Gasteiger partial charge < -0.3 is 14.4 Å². The van der Waals surface area contributed by atoms with E-state index in [1.54, 1.807) is 13.3 Å². The van der Waals surface area contributed by atoms with Crippen molar-refractivity contribution in [1.29, 1.82) is 0 Å². The van der Waals surface area contributed by atoms with Crippen LogP contribution in [0, 0.1) is 6.92 Å². The minimum atomic E-state index is -2.37. The summed E-state index contributed by atoms with van der Waals surface area (Å²) < 4.78 is 17.7. The highest BCUT2D eigenvalue weighted by molar-refractivity contribution is 7.70. The first-order valence-electron chi connectivity index (χ1n) is 7.93. The fourth-order valence-corrected chi connectivity index (χ4v) is 3.89. The zero-order valence-corrected chi connectivity index (χ0v) is 15.9. The van der Waals surface area contributed by atoms with Gasteiger partial charge in [0, 0.05) is 24.3 Å². The molecule has 1 aromatic carbocycles. The summed E-state index contributed by atoms with van der Waals surface area (Å²) in [6.07, 6.45) is 0.757. The maximum atomic E-state index is 12.4. The van der Waals surface area contributed by atoms with Gasteiger partial charge >= 0.3 is 5.97 Å². The number of benzene rings is 1. The number of esters is 1. The van der Waals surface area contributed by atoms with Crippen LogP contribution in [0.3, 0.4) is 0 Å². The van der Waals surface area contributed by atoms with Crippen LogP contribution in [0.4, 0.5) is 0 Å². The van der Waals surface area contributed by atoms with Gasteiger partial charge in [-0.15, -0.1) is 0 Å². The molecule has 0 spiro atoms. The first-order chi connectivity index (χ1) is 10.4. The molecule has 5 heteroatoms. The smallest absolute Gasteiger partial charge is 0.306 e. The normalized spacial score (nSPS) is 13.7. The first-order valence-corrected chi connectivity index (χ1v) is 10.5. The number of hydrogen-bond acceptors (Lipinski definition) is 4. The molecule has 0 saturated carbocycles. The third-order valence-corrected chi connectivity index (χ3v) is 5.26. The lowest BCUT2D eigenvalue weighted by Crippen LogP contribution is -2.24. The number of rotatable bonds is 6. The van der Waals surface area contributed by atoms with Gasteiger partial charge in [-0.3, -0.25) is 4.79 Å². The lowest BCUT2D eigenvalue weighted by molar-refractivity contribution is -0.155. The number of carbonyl (C=O) groups is 1. The zero-order chi connectivity index (χ0) is 17.8. The van der Waals surface area contributed by atoms with Crippen LogP contribution < -0.4 is 5.30 Å². The molecule has 1 rings (SSSR count). The van der Waals surface area contributed by atoms with Gasteiger partial charge in [0.15, 0.2) is 0 Å². The average Bonchev–Trinajstić information content (AvgIpc) is 2.37. The van der Waals surface area contributed by atoms with E-state index < -0.39 is 12.7 Å². The Morgan fingerprint density at radius 1 is 1.30 bits per heavy atom. The van der Waals surface area contributed by atoms with Crippen molar-refractivity contribution in [2.24, 2.45) is 0 Å². The molecule has 0 aliphatic rings. The summed E-state index contributed by atoms with van der Waals surface area (Å²) in [5.41, 5.74) is 1.41. The van der Waals surface area contributed by atoms with Gasteiger partial charge in [0.25, 0.3) is 0 Å². The predicted octanol–water partition coefficient (Wildman–Crippen LogP) is 3.44. The lowest BCUT2D eigenvalue weighted by atomic mass is 9.94. The molecule has 0 saturated heterocycles. The fraction of sp³-hybridized carbons (Fsp3) is 0.611. The molecule has 0 aliphatic heterocycles. The highest BCUT2D eigenvalue weighted by Gasteiger charge is 2.21. The molecule has 0 heterocycles. The molecule has 1 aromatic rings. The molecule has 0 amide bonds. The quantitative estimate of drug-likeness (QED) is 0.636. The largest absolute Gasteiger partial charge is 0.460 e. The summed E-state index contributed by atoms with van der Waals surface area (Å²) in [7, 11) is -2.37. The lowest BCUT2D eigenvalue weighted by Gasteiger charge is -2.21. The van der Waals surface area contributed by atoms with Crippen LogP contribution in [0.2, 0.25) is 0 Å². The van der Waals surface area contributed by atoms with E-state index in [1.165, 1.54) is 0 Å². The minimum Gasteiger partial charge on any atom is -0.460 e. The summed E-state index contributed by atoms with van der Waals surface area (Å²) >= 11 is 0. The van der Waals surface area contributed by atoms with Crippen molar-refractivity contribution in [2.45, 2.75) is 52.1 Å². The van der Waals surface area contributed by atoms with Crippen LogP contribution >= 0.6 is 7.14 Å². The number of ether oxygens (including phenoxy) is 1. The van der Waals surface area contributed by atoms with Crippen LogP contribution in [0.1, 0.15) is 50.7 Å². The minimum absolute atomic E-state index is 0.0526. The second kappa shape index (κ2) is 7.63. The standard InChI is InChI=1S/C18H29O4P/c1-13-7-8-14(11-16(13)23(5,6)21)15(12-19)9-10-17(20)22-18(2,3)4/h7-8,11,15,19H,9-10,12H2,1-6H3. The third kappa shape index (κ3) is 6.48. The van der Waals surface area contributed by atoms with Crippen LogP contribution in [0.5, 0.6) is 0 Å². The van der Waals surface area contributed by atoms with Gasteiger partial charge in [-0.25, -0.2) is 0 Å². The second-order valence-corrected chi connectivity index (χ2v) is 10.6. The Bertz CT molecular complexity index is 596. The molecule has 1 unspecified atom stereocenters. The summed E-state index contributed by atoms with van der Waals surface area (Å²) in [4.78, 5) is 11.8. The van der Waals surface area contributed by atoms with E-state index in [9.17, 15) is 14.5 Å². The van der Waals surface area contributed by atoms with Crippen molar-refractivity contribution in [2.75, 3.05) is 19.9 Å². The molecule has 0 bridgehead atoms. The van der Waals surface area contributed by atoms with Crippen LogP contribution in [-0.2, 0) is 14.1 Å². The van der Waals surface area contributed by atoms with Gasteiger partial charge in [0.2, 0.25) is 0 Å². The highest BCUT2D eigenvalue weighted by atomic mass is 31.2. The number of aliphatic hydroxyl groups excluding tert-OH is 1. The van der Waals surface area contributed by atoms with Crippen LogP contribution in [0.15, 0.2) is 18.2 Å². The van der Waals surface area contributed by atoms with E-state index in [2.05, 4.69) is 0 Å². The van der Waals surface area contributed by atoms with E-state index in [1.807, 2.05) is 45.9 Å². The zero-order valence-electron chi connectivity index (χ0n) is 15.0. The third-order valence-electron chi connectivity index (χ3n) is 3.62. The number of aryl methyl sites for hydroxylation is 1. The second-order valence-electron chi connectivity index (χ2n) is 7.40. The van der Waals surface area contributed by atoms with Crippen molar-refractivity contribution in [3.63, 3.8) is 0 Å². The maximum Gasteiger partial charge on any atom is 0.306 e. The van der Waals surface area contributed by atoms with Gasteiger partial charge in [0.1, 0.15) is 12.7 Å². The van der Waals surface area contributed by atoms with Gasteiger partial charge in [-0.2, -0.15) is 0 Å². The van der Waals surface area contributed by atoms with Crippen molar-refractivity contribution in [3.05, 3.63) is 29.3 Å². The van der Waals surface area contributed by atoms with E-state index in [4.69, 9.17) is 4.74 Å². The molecule has 130 valence electrons. The Balaban J connectivity index is 2.87. The van der Waals surface area contributed by atoms with E-state index >= 15 is 0 Å². The van der Waals surface area contributed by atoms with E-state index in [0.717, 1.165) is 16.4 Å². The SMILES string of the molecule is Cc1ccc(C(CO)CCC(=O)OC(C)(C)C)cc1P(C)(C)=O. The summed E-state index contributed by atoms with van der Waals surface area (Å²) in [5.74, 6) is -0.423. The first kappa shape index (κ1) is 19.9. The van der Waals surface area contributed by atoms with Gasteiger partial charge in [-0.1, -0.05) is 12.1 Å². The Kier molecular flexibility index (Phi) is 6.61. The topological polar surface area (TPSA) is 63.6 Å². The summed E-state index contributed by atoms with van der Waals surface area (Å²) in [6, 6.07) is 5.77. The van der Waals surface area contributed by atoms with E-state index in [0.29, 0.717) is 6.42 Å². The number of carbonyl (C=O) groups excluding carboxylic acids is 1. The maximum absolute atomic E-state index is 12.4. The molecule has 1 N–H and O–H groups in total. The number of hydrogen-bond donors (Lipinski definition) is 1. The Hall–Kier alpha value is -1.12. The van der Waals surface area contributed by atoms with Crippen molar-refractivity contribution in [3.8, 4) is 0 Å². The van der Waals surface area contributed by atoms with Gasteiger partial charge in [0.05, 0.1) is 0 Å². The van der Waals surface area contributed by atoms with Crippen molar-refractivity contribution >= 4 is 18.4 Å². The predicted molar refractivity (Wildman–Crippen MR) is 95.2 cm³/mol.